The molecule has 3 rings (SSSR count). The van der Waals surface area contributed by atoms with Crippen LogP contribution in [-0.4, -0.2) is 12.1 Å². The van der Waals surface area contributed by atoms with E-state index in [0.29, 0.717) is 21.9 Å². The van der Waals surface area contributed by atoms with Gasteiger partial charge in [0.05, 0.1) is 0 Å². The molecular weight excluding hydrogens is 368 g/mol. The van der Waals surface area contributed by atoms with Crippen LogP contribution in [0.5, 0.6) is 5.75 Å². The zero-order valence-corrected chi connectivity index (χ0v) is 16.0. The maximum Gasteiger partial charge on any atom is 0.347 e. The molecule has 0 aliphatic carbocycles. The van der Waals surface area contributed by atoms with Crippen molar-refractivity contribution in [2.45, 2.75) is 33.5 Å². The Hall–Kier alpha value is -2.79. The SMILES string of the molecule is Cc1cc2oc(=O)cc(COC(=O)[C@H](C)Oc3ccc(Cl)cc3)c2cc1C. The number of benzene rings is 2. The normalized spacial score (nSPS) is 12.0. The molecule has 140 valence electrons. The highest BCUT2D eigenvalue weighted by atomic mass is 35.5. The zero-order valence-electron chi connectivity index (χ0n) is 15.2. The summed E-state index contributed by atoms with van der Waals surface area (Å²) in [7, 11) is 0. The molecule has 1 atom stereocenters. The van der Waals surface area contributed by atoms with Crippen molar-refractivity contribution >= 4 is 28.5 Å². The van der Waals surface area contributed by atoms with Crippen LogP contribution < -0.4 is 10.4 Å². The highest BCUT2D eigenvalue weighted by Crippen LogP contribution is 2.22. The molecule has 0 aliphatic heterocycles. The molecule has 0 aliphatic rings. The summed E-state index contributed by atoms with van der Waals surface area (Å²) in [5.41, 5.74) is 2.66. The zero-order chi connectivity index (χ0) is 19.6. The second kappa shape index (κ2) is 7.84. The smallest absolute Gasteiger partial charge is 0.347 e. The average molecular weight is 387 g/mol. The lowest BCUT2D eigenvalue weighted by Crippen LogP contribution is -2.26. The second-order valence-corrected chi connectivity index (χ2v) is 6.78. The fourth-order valence-electron chi connectivity index (χ4n) is 2.63. The Labute approximate surface area is 161 Å². The van der Waals surface area contributed by atoms with E-state index < -0.39 is 17.7 Å². The van der Waals surface area contributed by atoms with Crippen LogP contribution >= 0.6 is 11.6 Å². The summed E-state index contributed by atoms with van der Waals surface area (Å²) in [6.45, 7) is 5.47. The number of hydrogen-bond acceptors (Lipinski definition) is 5. The quantitative estimate of drug-likeness (QED) is 0.474. The first-order chi connectivity index (χ1) is 12.8. The molecule has 0 bridgehead atoms. The van der Waals surface area contributed by atoms with E-state index in [1.165, 1.54) is 6.07 Å². The highest BCUT2D eigenvalue weighted by Gasteiger charge is 2.18. The molecule has 0 fully saturated rings. The fraction of sp³-hybridized carbons (Fsp3) is 0.238. The molecule has 1 heterocycles. The molecule has 6 heteroatoms. The molecule has 3 aromatic rings. The van der Waals surface area contributed by atoms with Crippen LogP contribution in [0.1, 0.15) is 23.6 Å². The highest BCUT2D eigenvalue weighted by molar-refractivity contribution is 6.30. The van der Waals surface area contributed by atoms with Crippen LogP contribution in [0.3, 0.4) is 0 Å². The summed E-state index contributed by atoms with van der Waals surface area (Å²) >= 11 is 5.83. The Morgan fingerprint density at radius 2 is 1.78 bits per heavy atom. The lowest BCUT2D eigenvalue weighted by Gasteiger charge is -2.14. The van der Waals surface area contributed by atoms with Gasteiger partial charge in [-0.1, -0.05) is 11.6 Å². The van der Waals surface area contributed by atoms with E-state index in [2.05, 4.69) is 0 Å². The van der Waals surface area contributed by atoms with E-state index >= 15 is 0 Å². The van der Waals surface area contributed by atoms with E-state index in [0.717, 1.165) is 16.5 Å². The molecular formula is C21H19ClO5. The topological polar surface area (TPSA) is 65.7 Å². The molecule has 0 N–H and O–H groups in total. The molecule has 0 unspecified atom stereocenters. The summed E-state index contributed by atoms with van der Waals surface area (Å²) in [6.07, 6.45) is -0.804. The van der Waals surface area contributed by atoms with E-state index in [9.17, 15) is 9.59 Å². The fourth-order valence-corrected chi connectivity index (χ4v) is 2.76. The van der Waals surface area contributed by atoms with E-state index in [1.807, 2.05) is 26.0 Å². The van der Waals surface area contributed by atoms with Crippen molar-refractivity contribution < 1.29 is 18.7 Å². The van der Waals surface area contributed by atoms with Gasteiger partial charge in [0.2, 0.25) is 0 Å². The maximum atomic E-state index is 12.3. The predicted octanol–water partition coefficient (Wildman–Crippen LogP) is 4.57. The molecule has 27 heavy (non-hydrogen) atoms. The Morgan fingerprint density at radius 1 is 1.11 bits per heavy atom. The number of carbonyl (C=O) groups excluding carboxylic acids is 1. The van der Waals surface area contributed by atoms with Crippen LogP contribution in [-0.2, 0) is 16.1 Å². The van der Waals surface area contributed by atoms with Gasteiger partial charge in [-0.2, -0.15) is 0 Å². The standard InChI is InChI=1S/C21H19ClO5/c1-12-8-18-15(10-20(23)27-19(18)9-13(12)2)11-25-21(24)14(3)26-17-6-4-16(22)5-7-17/h4-10,14H,11H2,1-3H3/t14-/m0/s1. The lowest BCUT2D eigenvalue weighted by molar-refractivity contribution is -0.152. The third-order valence-corrected chi connectivity index (χ3v) is 4.52. The van der Waals surface area contributed by atoms with Gasteiger partial charge in [0.25, 0.3) is 0 Å². The van der Waals surface area contributed by atoms with Gasteiger partial charge >= 0.3 is 11.6 Å². The van der Waals surface area contributed by atoms with Crippen molar-refractivity contribution in [1.29, 1.82) is 0 Å². The molecule has 0 amide bonds. The number of ether oxygens (including phenoxy) is 2. The monoisotopic (exact) mass is 386 g/mol. The number of hydrogen-bond donors (Lipinski definition) is 0. The average Bonchev–Trinajstić information content (AvgIpc) is 2.62. The Bertz CT molecular complexity index is 1040. The molecule has 2 aromatic carbocycles. The largest absolute Gasteiger partial charge is 0.479 e. The van der Waals surface area contributed by atoms with Crippen molar-refractivity contribution in [3.8, 4) is 5.75 Å². The summed E-state index contributed by atoms with van der Waals surface area (Å²) in [5, 5.41) is 1.33. The van der Waals surface area contributed by atoms with Gasteiger partial charge in [0, 0.05) is 22.0 Å². The van der Waals surface area contributed by atoms with Gasteiger partial charge in [0.1, 0.15) is 17.9 Å². The first-order valence-electron chi connectivity index (χ1n) is 8.46. The molecule has 0 spiro atoms. The molecule has 0 saturated carbocycles. The van der Waals surface area contributed by atoms with Crippen LogP contribution in [0.4, 0.5) is 0 Å². The molecule has 0 radical (unpaired) electrons. The third-order valence-electron chi connectivity index (χ3n) is 4.27. The first-order valence-corrected chi connectivity index (χ1v) is 8.84. The summed E-state index contributed by atoms with van der Waals surface area (Å²) in [6, 6.07) is 11.8. The first kappa shape index (κ1) is 19.0. The summed E-state index contributed by atoms with van der Waals surface area (Å²) < 4.78 is 16.2. The van der Waals surface area contributed by atoms with Crippen molar-refractivity contribution in [3.63, 3.8) is 0 Å². The molecule has 0 saturated heterocycles. The molecule has 5 nitrogen and oxygen atoms in total. The minimum Gasteiger partial charge on any atom is -0.479 e. The number of fused-ring (bicyclic) bond motifs is 1. The van der Waals surface area contributed by atoms with Gasteiger partial charge in [-0.15, -0.1) is 0 Å². The molecule has 1 aromatic heterocycles. The summed E-state index contributed by atoms with van der Waals surface area (Å²) in [5.74, 6) is -0.0177. The van der Waals surface area contributed by atoms with Crippen LogP contribution in [0.15, 0.2) is 51.7 Å². The number of carbonyl (C=O) groups is 1. The van der Waals surface area contributed by atoms with Crippen LogP contribution in [0.25, 0.3) is 11.0 Å². The van der Waals surface area contributed by atoms with Crippen LogP contribution in [0, 0.1) is 13.8 Å². The van der Waals surface area contributed by atoms with Crippen molar-refractivity contribution in [2.75, 3.05) is 0 Å². The Balaban J connectivity index is 1.74. The maximum absolute atomic E-state index is 12.3. The number of esters is 1. The predicted molar refractivity (Wildman–Crippen MR) is 103 cm³/mol. The van der Waals surface area contributed by atoms with E-state index in [-0.39, 0.29) is 6.61 Å². The lowest BCUT2D eigenvalue weighted by atomic mass is 10.0. The number of rotatable bonds is 5. The van der Waals surface area contributed by atoms with Gasteiger partial charge < -0.3 is 13.9 Å². The number of aryl methyl sites for hydroxylation is 2. The van der Waals surface area contributed by atoms with Gasteiger partial charge in [-0.25, -0.2) is 9.59 Å². The third kappa shape index (κ3) is 4.49. The van der Waals surface area contributed by atoms with E-state index in [4.69, 9.17) is 25.5 Å². The Morgan fingerprint density at radius 3 is 2.48 bits per heavy atom. The van der Waals surface area contributed by atoms with Crippen molar-refractivity contribution in [3.05, 3.63) is 74.6 Å². The second-order valence-electron chi connectivity index (χ2n) is 6.35. The van der Waals surface area contributed by atoms with Crippen LogP contribution in [0.2, 0.25) is 5.02 Å². The van der Waals surface area contributed by atoms with E-state index in [1.54, 1.807) is 31.2 Å². The minimum absolute atomic E-state index is 0.0439. The number of halogens is 1. The van der Waals surface area contributed by atoms with Gasteiger partial charge in [-0.05, 0) is 68.3 Å². The van der Waals surface area contributed by atoms with Crippen molar-refractivity contribution in [1.82, 2.24) is 0 Å². The van der Waals surface area contributed by atoms with Gasteiger partial charge in [-0.3, -0.25) is 0 Å². The Kier molecular flexibility index (Phi) is 5.51. The minimum atomic E-state index is -0.804. The van der Waals surface area contributed by atoms with Crippen molar-refractivity contribution in [2.24, 2.45) is 0 Å². The summed E-state index contributed by atoms with van der Waals surface area (Å²) in [4.78, 5) is 24.1. The van der Waals surface area contributed by atoms with Gasteiger partial charge in [0.15, 0.2) is 6.10 Å².